The van der Waals surface area contributed by atoms with Crippen LogP contribution in [0.25, 0.3) is 0 Å². The number of anilines is 2. The summed E-state index contributed by atoms with van der Waals surface area (Å²) in [6.07, 6.45) is 4.43. The van der Waals surface area contributed by atoms with E-state index in [0.29, 0.717) is 40.7 Å². The number of carbonyl (C=O) groups is 3. The summed E-state index contributed by atoms with van der Waals surface area (Å²) in [6.45, 7) is 0. The Morgan fingerprint density at radius 2 is 1.71 bits per heavy atom. The van der Waals surface area contributed by atoms with Gasteiger partial charge in [0.2, 0.25) is 5.91 Å². The minimum absolute atomic E-state index is 0.0176. The smallest absolute Gasteiger partial charge is 0.258 e. The van der Waals surface area contributed by atoms with Crippen molar-refractivity contribution in [2.45, 2.75) is 25.7 Å². The van der Waals surface area contributed by atoms with Gasteiger partial charge in [-0.1, -0.05) is 23.7 Å². The van der Waals surface area contributed by atoms with E-state index in [4.69, 9.17) is 11.6 Å². The predicted molar refractivity (Wildman–Crippen MR) is 106 cm³/mol. The van der Waals surface area contributed by atoms with Gasteiger partial charge in [0.1, 0.15) is 11.6 Å². The van der Waals surface area contributed by atoms with Crippen LogP contribution in [0.3, 0.4) is 0 Å². The Kier molecular flexibility index (Phi) is 5.13. The van der Waals surface area contributed by atoms with Crippen LogP contribution in [0, 0.1) is 17.8 Å². The van der Waals surface area contributed by atoms with E-state index in [1.165, 1.54) is 6.20 Å². The number of carbonyl (C=O) groups excluding carboxylic acids is 3. The van der Waals surface area contributed by atoms with E-state index < -0.39 is 0 Å². The SMILES string of the molecule is O=C(Nc1ccc(Cl)cn1)c1ccccc1NC(=O)C1CC2CCC(C1)C2=O. The number of ketones is 1. The molecule has 2 atom stereocenters. The van der Waals surface area contributed by atoms with Crippen molar-refractivity contribution in [3.63, 3.8) is 0 Å². The quantitative estimate of drug-likeness (QED) is 0.818. The van der Waals surface area contributed by atoms with Crippen LogP contribution in [-0.4, -0.2) is 22.6 Å². The van der Waals surface area contributed by atoms with Crippen molar-refractivity contribution < 1.29 is 14.4 Å². The number of hydrogen-bond acceptors (Lipinski definition) is 4. The number of para-hydroxylation sites is 1. The van der Waals surface area contributed by atoms with Crippen molar-refractivity contribution in [2.24, 2.45) is 17.8 Å². The molecule has 0 aliphatic heterocycles. The number of hydrogen-bond donors (Lipinski definition) is 2. The van der Waals surface area contributed by atoms with E-state index in [2.05, 4.69) is 15.6 Å². The Bertz CT molecular complexity index is 913. The number of pyridine rings is 1. The zero-order chi connectivity index (χ0) is 19.7. The third kappa shape index (κ3) is 3.78. The molecule has 4 rings (SSSR count). The van der Waals surface area contributed by atoms with Crippen LogP contribution in [0.15, 0.2) is 42.6 Å². The number of Topliss-reactive ketones (excluding diaryl/α,β-unsaturated/α-hetero) is 1. The van der Waals surface area contributed by atoms with E-state index in [9.17, 15) is 14.4 Å². The summed E-state index contributed by atoms with van der Waals surface area (Å²) in [5, 5.41) is 6.07. The molecule has 0 spiro atoms. The van der Waals surface area contributed by atoms with Crippen LogP contribution in [0.1, 0.15) is 36.0 Å². The molecule has 2 unspecified atom stereocenters. The molecule has 2 aromatic rings. The predicted octanol–water partition coefficient (Wildman–Crippen LogP) is 3.93. The van der Waals surface area contributed by atoms with Crippen molar-refractivity contribution in [2.75, 3.05) is 10.6 Å². The standard InChI is InChI=1S/C21H20ClN3O3/c22-15-7-8-18(23-11-15)25-21(28)16-3-1-2-4-17(16)24-20(27)14-9-12-5-6-13(10-14)19(12)26/h1-4,7-8,11-14H,5-6,9-10H2,(H,24,27)(H,23,25,28). The van der Waals surface area contributed by atoms with Gasteiger partial charge in [0.15, 0.2) is 0 Å². The lowest BCUT2D eigenvalue weighted by atomic mass is 9.79. The Balaban J connectivity index is 1.47. The van der Waals surface area contributed by atoms with Gasteiger partial charge in [-0.25, -0.2) is 4.98 Å². The number of amides is 2. The maximum atomic E-state index is 12.8. The highest BCUT2D eigenvalue weighted by molar-refractivity contribution is 6.30. The zero-order valence-corrected chi connectivity index (χ0v) is 15.9. The third-order valence-corrected chi connectivity index (χ3v) is 5.80. The van der Waals surface area contributed by atoms with Crippen molar-refractivity contribution in [3.05, 3.63) is 53.2 Å². The van der Waals surface area contributed by atoms with E-state index in [0.717, 1.165) is 12.8 Å². The second-order valence-electron chi connectivity index (χ2n) is 7.39. The number of nitrogens with zero attached hydrogens (tertiary/aromatic N) is 1. The second-order valence-corrected chi connectivity index (χ2v) is 7.83. The number of rotatable bonds is 4. The van der Waals surface area contributed by atoms with Gasteiger partial charge in [0, 0.05) is 24.0 Å². The number of fused-ring (bicyclic) bond motifs is 2. The molecule has 1 aromatic carbocycles. The first-order valence-corrected chi connectivity index (χ1v) is 9.75. The molecule has 144 valence electrons. The highest BCUT2D eigenvalue weighted by atomic mass is 35.5. The Morgan fingerprint density at radius 3 is 2.39 bits per heavy atom. The minimum atomic E-state index is -0.371. The summed E-state index contributed by atoms with van der Waals surface area (Å²) >= 11 is 5.81. The Morgan fingerprint density at radius 1 is 1.00 bits per heavy atom. The van der Waals surface area contributed by atoms with E-state index >= 15 is 0 Å². The van der Waals surface area contributed by atoms with Crippen molar-refractivity contribution in [3.8, 4) is 0 Å². The number of aromatic nitrogens is 1. The summed E-state index contributed by atoms with van der Waals surface area (Å²) in [5.74, 6) is 0.0355. The fourth-order valence-electron chi connectivity index (χ4n) is 4.14. The molecule has 7 heteroatoms. The first-order valence-electron chi connectivity index (χ1n) is 9.38. The van der Waals surface area contributed by atoms with Gasteiger partial charge in [-0.15, -0.1) is 0 Å². The van der Waals surface area contributed by atoms with Crippen LogP contribution in [0.4, 0.5) is 11.5 Å². The van der Waals surface area contributed by atoms with E-state index in [1.807, 2.05) is 0 Å². The van der Waals surface area contributed by atoms with Gasteiger partial charge in [-0.05, 0) is 49.9 Å². The van der Waals surface area contributed by atoms with Gasteiger partial charge < -0.3 is 10.6 Å². The molecule has 1 aromatic heterocycles. The molecule has 1 heterocycles. The maximum absolute atomic E-state index is 12.8. The monoisotopic (exact) mass is 397 g/mol. The number of halogens is 1. The fraction of sp³-hybridized carbons (Fsp3) is 0.333. The molecule has 28 heavy (non-hydrogen) atoms. The van der Waals surface area contributed by atoms with Crippen LogP contribution in [-0.2, 0) is 9.59 Å². The summed E-state index contributed by atoms with van der Waals surface area (Å²) in [4.78, 5) is 41.5. The highest BCUT2D eigenvalue weighted by Crippen LogP contribution is 2.42. The van der Waals surface area contributed by atoms with Gasteiger partial charge in [0.25, 0.3) is 5.91 Å². The summed E-state index contributed by atoms with van der Waals surface area (Å²) < 4.78 is 0. The largest absolute Gasteiger partial charge is 0.325 e. The first kappa shape index (κ1) is 18.6. The molecule has 0 saturated heterocycles. The third-order valence-electron chi connectivity index (χ3n) is 5.58. The van der Waals surface area contributed by atoms with Gasteiger partial charge >= 0.3 is 0 Å². The van der Waals surface area contributed by atoms with Crippen molar-refractivity contribution in [1.29, 1.82) is 0 Å². The average molecular weight is 398 g/mol. The molecule has 2 aliphatic rings. The lowest BCUT2D eigenvalue weighted by Gasteiger charge is -2.26. The molecule has 0 radical (unpaired) electrons. The number of benzene rings is 1. The molecule has 2 bridgehead atoms. The lowest BCUT2D eigenvalue weighted by Crippen LogP contribution is -2.33. The fourth-order valence-corrected chi connectivity index (χ4v) is 4.26. The Hall–Kier alpha value is -2.73. The first-order chi connectivity index (χ1) is 13.5. The molecule has 2 N–H and O–H groups in total. The Labute approximate surface area is 167 Å². The zero-order valence-electron chi connectivity index (χ0n) is 15.2. The lowest BCUT2D eigenvalue weighted by molar-refractivity contribution is -0.130. The van der Waals surface area contributed by atoms with Gasteiger partial charge in [-0.3, -0.25) is 14.4 Å². The summed E-state index contributed by atoms with van der Waals surface area (Å²) in [5.41, 5.74) is 0.797. The summed E-state index contributed by atoms with van der Waals surface area (Å²) in [6, 6.07) is 10.1. The molecular weight excluding hydrogens is 378 g/mol. The van der Waals surface area contributed by atoms with Crippen LogP contribution >= 0.6 is 11.6 Å². The normalized spacial score (nSPS) is 23.3. The van der Waals surface area contributed by atoms with Crippen LogP contribution < -0.4 is 10.6 Å². The van der Waals surface area contributed by atoms with Crippen molar-refractivity contribution in [1.82, 2.24) is 4.98 Å². The minimum Gasteiger partial charge on any atom is -0.325 e. The van der Waals surface area contributed by atoms with Gasteiger partial charge in [0.05, 0.1) is 16.3 Å². The van der Waals surface area contributed by atoms with Crippen molar-refractivity contribution >= 4 is 40.7 Å². The van der Waals surface area contributed by atoms with Crippen LogP contribution in [0.2, 0.25) is 5.02 Å². The highest BCUT2D eigenvalue weighted by Gasteiger charge is 2.43. The molecule has 6 nitrogen and oxygen atoms in total. The maximum Gasteiger partial charge on any atom is 0.258 e. The van der Waals surface area contributed by atoms with E-state index in [1.54, 1.807) is 36.4 Å². The molecule has 2 saturated carbocycles. The molecule has 2 aliphatic carbocycles. The van der Waals surface area contributed by atoms with Crippen LogP contribution in [0.5, 0.6) is 0 Å². The second kappa shape index (κ2) is 7.72. The van der Waals surface area contributed by atoms with Gasteiger partial charge in [-0.2, -0.15) is 0 Å². The topological polar surface area (TPSA) is 88.2 Å². The molecule has 2 fully saturated rings. The molecular formula is C21H20ClN3O3. The molecule has 2 amide bonds. The van der Waals surface area contributed by atoms with E-state index in [-0.39, 0.29) is 29.6 Å². The summed E-state index contributed by atoms with van der Waals surface area (Å²) in [7, 11) is 0. The number of nitrogens with one attached hydrogen (secondary N) is 2. The average Bonchev–Trinajstić information content (AvgIpc) is 2.90.